The van der Waals surface area contributed by atoms with Crippen molar-refractivity contribution in [3.63, 3.8) is 0 Å². The van der Waals surface area contributed by atoms with Crippen molar-refractivity contribution in [3.8, 4) is 11.1 Å². The van der Waals surface area contributed by atoms with Crippen LogP contribution in [0.2, 0.25) is 0 Å². The van der Waals surface area contributed by atoms with E-state index in [1.165, 1.54) is 6.20 Å². The number of aromatic nitrogens is 2. The van der Waals surface area contributed by atoms with Crippen LogP contribution in [0, 0.1) is 12.7 Å². The van der Waals surface area contributed by atoms with E-state index in [0.29, 0.717) is 30.4 Å². The number of nitrogens with one attached hydrogen (secondary N) is 2. The quantitative estimate of drug-likeness (QED) is 0.701. The van der Waals surface area contributed by atoms with Gasteiger partial charge in [0.25, 0.3) is 0 Å². The molecule has 1 aromatic carbocycles. The molecule has 2 heterocycles. The van der Waals surface area contributed by atoms with E-state index in [9.17, 15) is 22.7 Å². The molecule has 1 aliphatic heterocycles. The van der Waals surface area contributed by atoms with Crippen LogP contribution in [0.3, 0.4) is 0 Å². The normalized spacial score (nSPS) is 19.9. The molecule has 0 radical (unpaired) electrons. The Morgan fingerprint density at radius 3 is 2.50 bits per heavy atom. The van der Waals surface area contributed by atoms with E-state index < -0.39 is 23.7 Å². The van der Waals surface area contributed by atoms with Crippen molar-refractivity contribution < 1.29 is 22.7 Å². The van der Waals surface area contributed by atoms with Crippen LogP contribution in [0.1, 0.15) is 11.3 Å². The van der Waals surface area contributed by atoms with Gasteiger partial charge in [0.2, 0.25) is 5.95 Å². The van der Waals surface area contributed by atoms with Gasteiger partial charge in [-0.15, -0.1) is 12.4 Å². The highest BCUT2D eigenvalue weighted by Gasteiger charge is 2.31. The van der Waals surface area contributed by atoms with Crippen LogP contribution in [0.25, 0.3) is 11.1 Å². The van der Waals surface area contributed by atoms with Crippen LogP contribution < -0.4 is 10.6 Å². The molecular weight excluding hydrogens is 376 g/mol. The van der Waals surface area contributed by atoms with E-state index in [1.54, 1.807) is 6.92 Å². The number of aliphatic hydroxyl groups is 1. The zero-order chi connectivity index (χ0) is 18.2. The van der Waals surface area contributed by atoms with Crippen LogP contribution in [-0.4, -0.2) is 40.3 Å². The van der Waals surface area contributed by atoms with Crippen LogP contribution in [-0.2, 0) is 6.18 Å². The van der Waals surface area contributed by atoms with E-state index >= 15 is 0 Å². The Kier molecular flexibility index (Phi) is 6.05. The Morgan fingerprint density at radius 1 is 1.23 bits per heavy atom. The zero-order valence-corrected chi connectivity index (χ0v) is 14.5. The maximum absolute atomic E-state index is 14.1. The Balaban J connectivity index is 0.00000243. The number of aliphatic hydroxyl groups excluding tert-OH is 1. The number of halogens is 5. The predicted octanol–water partition coefficient (Wildman–Crippen LogP) is 2.78. The lowest BCUT2D eigenvalue weighted by Gasteiger charge is -2.16. The standard InChI is InChI=1S/C16H16F4N4O.ClH/c1-8-11(10-3-2-9(4-12(10)17)16(18,19)20)5-22-15(23-8)24-13-6-21-7-14(13)25;/h2-5,13-14,21,25H,6-7H2,1H3,(H,22,23,24);1H/t13-,14-;/m1./s1. The Labute approximate surface area is 153 Å². The average molecular weight is 393 g/mol. The number of anilines is 1. The van der Waals surface area contributed by atoms with Crippen molar-refractivity contribution in [3.05, 3.63) is 41.5 Å². The second-order valence-corrected chi connectivity index (χ2v) is 5.86. The number of aryl methyl sites for hydroxylation is 1. The van der Waals surface area contributed by atoms with Gasteiger partial charge < -0.3 is 15.7 Å². The molecule has 1 fully saturated rings. The minimum Gasteiger partial charge on any atom is -0.390 e. The minimum atomic E-state index is -4.60. The molecule has 5 nitrogen and oxygen atoms in total. The van der Waals surface area contributed by atoms with Gasteiger partial charge in [-0.1, -0.05) is 6.07 Å². The lowest BCUT2D eigenvalue weighted by atomic mass is 10.0. The lowest BCUT2D eigenvalue weighted by molar-refractivity contribution is -0.137. The van der Waals surface area contributed by atoms with Gasteiger partial charge in [-0.3, -0.25) is 0 Å². The summed E-state index contributed by atoms with van der Waals surface area (Å²) in [5.74, 6) is -0.723. The van der Waals surface area contributed by atoms with E-state index in [4.69, 9.17) is 0 Å². The molecule has 0 spiro atoms. The molecule has 2 atom stereocenters. The summed E-state index contributed by atoms with van der Waals surface area (Å²) >= 11 is 0. The Morgan fingerprint density at radius 2 is 1.96 bits per heavy atom. The van der Waals surface area contributed by atoms with Gasteiger partial charge in [0.05, 0.1) is 23.4 Å². The Bertz CT molecular complexity index is 787. The van der Waals surface area contributed by atoms with Crippen molar-refractivity contribution in [2.45, 2.75) is 25.2 Å². The highest BCUT2D eigenvalue weighted by molar-refractivity contribution is 5.85. The maximum Gasteiger partial charge on any atom is 0.416 e. The molecule has 1 saturated heterocycles. The minimum absolute atomic E-state index is 0. The van der Waals surface area contributed by atoms with Gasteiger partial charge in [-0.05, 0) is 19.1 Å². The van der Waals surface area contributed by atoms with Gasteiger partial charge >= 0.3 is 6.18 Å². The van der Waals surface area contributed by atoms with Crippen LogP contribution in [0.15, 0.2) is 24.4 Å². The van der Waals surface area contributed by atoms with Gasteiger partial charge in [-0.2, -0.15) is 13.2 Å². The largest absolute Gasteiger partial charge is 0.416 e. The summed E-state index contributed by atoms with van der Waals surface area (Å²) in [5, 5.41) is 15.7. The topological polar surface area (TPSA) is 70.1 Å². The fourth-order valence-corrected chi connectivity index (χ4v) is 2.69. The Hall–Kier alpha value is -1.97. The van der Waals surface area contributed by atoms with Gasteiger partial charge in [-0.25, -0.2) is 14.4 Å². The smallest absolute Gasteiger partial charge is 0.390 e. The fraction of sp³-hybridized carbons (Fsp3) is 0.375. The molecule has 0 bridgehead atoms. The van der Waals surface area contributed by atoms with Crippen molar-refractivity contribution >= 4 is 18.4 Å². The second-order valence-electron chi connectivity index (χ2n) is 5.86. The third-order valence-electron chi connectivity index (χ3n) is 4.06. The maximum atomic E-state index is 14.1. The molecule has 0 aliphatic carbocycles. The van der Waals surface area contributed by atoms with E-state index in [2.05, 4.69) is 20.6 Å². The summed E-state index contributed by atoms with van der Waals surface area (Å²) in [4.78, 5) is 8.29. The summed E-state index contributed by atoms with van der Waals surface area (Å²) in [6.07, 6.45) is -3.82. The molecule has 1 aromatic heterocycles. The highest BCUT2D eigenvalue weighted by atomic mass is 35.5. The van der Waals surface area contributed by atoms with Crippen molar-refractivity contribution in [1.82, 2.24) is 15.3 Å². The molecule has 0 saturated carbocycles. The first-order valence-corrected chi connectivity index (χ1v) is 7.62. The zero-order valence-electron chi connectivity index (χ0n) is 13.6. The van der Waals surface area contributed by atoms with Crippen molar-refractivity contribution in [2.75, 3.05) is 18.4 Å². The first-order valence-electron chi connectivity index (χ1n) is 7.62. The number of hydrogen-bond donors (Lipinski definition) is 3. The average Bonchev–Trinajstić information content (AvgIpc) is 2.92. The summed E-state index contributed by atoms with van der Waals surface area (Å²) in [7, 11) is 0. The summed E-state index contributed by atoms with van der Waals surface area (Å²) < 4.78 is 52.0. The molecule has 1 aliphatic rings. The molecule has 0 unspecified atom stereocenters. The van der Waals surface area contributed by atoms with E-state index in [-0.39, 0.29) is 30.0 Å². The lowest BCUT2D eigenvalue weighted by Crippen LogP contribution is -2.32. The summed E-state index contributed by atoms with van der Waals surface area (Å²) in [6.45, 7) is 2.63. The van der Waals surface area contributed by atoms with E-state index in [0.717, 1.165) is 12.1 Å². The monoisotopic (exact) mass is 392 g/mol. The van der Waals surface area contributed by atoms with Crippen molar-refractivity contribution in [2.24, 2.45) is 0 Å². The molecule has 3 N–H and O–H groups in total. The van der Waals surface area contributed by atoms with Gasteiger partial charge in [0.1, 0.15) is 5.82 Å². The SMILES string of the molecule is Cc1nc(N[C@@H]2CNC[C@H]2O)ncc1-c1ccc(C(F)(F)F)cc1F.Cl. The third kappa shape index (κ3) is 4.22. The van der Waals surface area contributed by atoms with Crippen LogP contribution >= 0.6 is 12.4 Å². The molecule has 3 rings (SSSR count). The number of benzene rings is 1. The third-order valence-corrected chi connectivity index (χ3v) is 4.06. The van der Waals surface area contributed by atoms with Gasteiger partial charge in [0, 0.05) is 30.4 Å². The highest BCUT2D eigenvalue weighted by Crippen LogP contribution is 2.33. The van der Waals surface area contributed by atoms with Crippen molar-refractivity contribution in [1.29, 1.82) is 0 Å². The van der Waals surface area contributed by atoms with Crippen LogP contribution in [0.4, 0.5) is 23.5 Å². The molecule has 2 aromatic rings. The molecule has 142 valence electrons. The number of hydrogen-bond acceptors (Lipinski definition) is 5. The predicted molar refractivity (Wildman–Crippen MR) is 90.7 cm³/mol. The summed E-state index contributed by atoms with van der Waals surface area (Å²) in [6, 6.07) is 2.11. The number of rotatable bonds is 3. The number of β-amino-alcohol motifs (C(OH)–C–C–N with tert-alkyl or cyclic N) is 1. The molecule has 10 heteroatoms. The number of nitrogens with zero attached hydrogens (tertiary/aromatic N) is 2. The number of alkyl halides is 3. The second kappa shape index (κ2) is 7.73. The van der Waals surface area contributed by atoms with Crippen LogP contribution in [0.5, 0.6) is 0 Å². The van der Waals surface area contributed by atoms with E-state index in [1.807, 2.05) is 0 Å². The fourth-order valence-electron chi connectivity index (χ4n) is 2.69. The first-order chi connectivity index (χ1) is 11.8. The molecule has 0 amide bonds. The first kappa shape index (κ1) is 20.3. The van der Waals surface area contributed by atoms with Gasteiger partial charge in [0.15, 0.2) is 0 Å². The molecule has 26 heavy (non-hydrogen) atoms. The summed E-state index contributed by atoms with van der Waals surface area (Å²) in [5.41, 5.74) is -0.327. The molecular formula is C16H17ClF4N4O.